The summed E-state index contributed by atoms with van der Waals surface area (Å²) in [5, 5.41) is 3.50. The number of carbonyl (C=O) groups excluding carboxylic acids is 1. The summed E-state index contributed by atoms with van der Waals surface area (Å²) < 4.78 is 43.8. The lowest BCUT2D eigenvalue weighted by atomic mass is 9.95. The van der Waals surface area contributed by atoms with Crippen LogP contribution in [0.25, 0.3) is 5.57 Å². The Morgan fingerprint density at radius 3 is 2.44 bits per heavy atom. The lowest BCUT2D eigenvalue weighted by Crippen LogP contribution is -2.19. The fourth-order valence-electron chi connectivity index (χ4n) is 4.36. The minimum absolute atomic E-state index is 0.114. The summed E-state index contributed by atoms with van der Waals surface area (Å²) in [7, 11) is 3.37. The van der Waals surface area contributed by atoms with Crippen LogP contribution in [0.4, 0.5) is 24.7 Å². The second-order valence-corrected chi connectivity index (χ2v) is 8.84. The Morgan fingerprint density at radius 1 is 1.11 bits per heavy atom. The van der Waals surface area contributed by atoms with Crippen molar-refractivity contribution in [1.82, 2.24) is 4.98 Å². The summed E-state index contributed by atoms with van der Waals surface area (Å²) >= 11 is 0. The molecule has 5 nitrogen and oxygen atoms in total. The summed E-state index contributed by atoms with van der Waals surface area (Å²) in [4.78, 5) is 18.5. The smallest absolute Gasteiger partial charge is 0.416 e. The van der Waals surface area contributed by atoms with E-state index in [-0.39, 0.29) is 6.04 Å². The third kappa shape index (κ3) is 5.53. The number of ether oxygens (including phenoxy) is 1. The molecule has 2 heterocycles. The number of alkyl halides is 3. The Morgan fingerprint density at radius 2 is 1.81 bits per heavy atom. The molecule has 3 aromatic rings. The molecule has 1 atom stereocenters. The van der Waals surface area contributed by atoms with E-state index in [0.717, 1.165) is 53.0 Å². The number of carbonyl (C=O) groups is 1. The summed E-state index contributed by atoms with van der Waals surface area (Å²) in [6.07, 6.45) is 0.836. The first-order chi connectivity index (χ1) is 17.2. The molecule has 36 heavy (non-hydrogen) atoms. The van der Waals surface area contributed by atoms with Crippen molar-refractivity contribution < 1.29 is 22.7 Å². The van der Waals surface area contributed by atoms with Gasteiger partial charge in [0.15, 0.2) is 0 Å². The van der Waals surface area contributed by atoms with Gasteiger partial charge in [0.2, 0.25) is 0 Å². The van der Waals surface area contributed by atoms with Gasteiger partial charge in [0, 0.05) is 37.1 Å². The maximum Gasteiger partial charge on any atom is 0.416 e. The van der Waals surface area contributed by atoms with Crippen LogP contribution in [0.15, 0.2) is 66.9 Å². The molecule has 1 aromatic heterocycles. The molecular weight excluding hydrogens is 467 g/mol. The number of methoxy groups -OCH3 is 1. The van der Waals surface area contributed by atoms with E-state index in [1.165, 1.54) is 19.2 Å². The Labute approximate surface area is 208 Å². The van der Waals surface area contributed by atoms with Crippen molar-refractivity contribution in [1.29, 1.82) is 0 Å². The van der Waals surface area contributed by atoms with Gasteiger partial charge in [0.1, 0.15) is 5.82 Å². The third-order valence-corrected chi connectivity index (χ3v) is 6.38. The minimum Gasteiger partial charge on any atom is -0.465 e. The highest BCUT2D eigenvalue weighted by atomic mass is 19.4. The molecule has 0 saturated carbocycles. The number of aromatic nitrogens is 1. The lowest BCUT2D eigenvalue weighted by Gasteiger charge is -2.24. The van der Waals surface area contributed by atoms with E-state index >= 15 is 0 Å². The molecule has 0 fully saturated rings. The molecule has 4 rings (SSSR count). The summed E-state index contributed by atoms with van der Waals surface area (Å²) in [6.45, 7) is 2.82. The van der Waals surface area contributed by atoms with Crippen molar-refractivity contribution in [2.75, 3.05) is 30.9 Å². The molecule has 1 aliphatic heterocycles. The molecule has 0 bridgehead atoms. The predicted molar refractivity (Wildman–Crippen MR) is 135 cm³/mol. The first-order valence-corrected chi connectivity index (χ1v) is 11.7. The number of allylic oxidation sites excluding steroid dienone is 1. The Bertz CT molecular complexity index is 1250. The van der Waals surface area contributed by atoms with Crippen LogP contribution in [0.5, 0.6) is 0 Å². The topological polar surface area (TPSA) is 54.5 Å². The second kappa shape index (κ2) is 10.4. The van der Waals surface area contributed by atoms with Crippen LogP contribution in [0, 0.1) is 0 Å². The van der Waals surface area contributed by atoms with Gasteiger partial charge in [0.25, 0.3) is 0 Å². The molecule has 1 N–H and O–H groups in total. The number of halogens is 3. The average Bonchev–Trinajstić information content (AvgIpc) is 3.02. The molecule has 8 heteroatoms. The van der Waals surface area contributed by atoms with Gasteiger partial charge >= 0.3 is 12.1 Å². The van der Waals surface area contributed by atoms with Crippen LogP contribution < -0.4 is 10.2 Å². The highest BCUT2D eigenvalue weighted by molar-refractivity contribution is 5.89. The van der Waals surface area contributed by atoms with E-state index in [9.17, 15) is 18.0 Å². The number of hydrogen-bond acceptors (Lipinski definition) is 5. The number of nitrogens with one attached hydrogen (secondary N) is 1. The van der Waals surface area contributed by atoms with Gasteiger partial charge in [-0.25, -0.2) is 9.78 Å². The monoisotopic (exact) mass is 495 g/mol. The molecule has 0 unspecified atom stereocenters. The predicted octanol–water partition coefficient (Wildman–Crippen LogP) is 6.53. The summed E-state index contributed by atoms with van der Waals surface area (Å²) in [5.74, 6) is 0.308. The molecule has 0 spiro atoms. The number of rotatable bonds is 6. The summed E-state index contributed by atoms with van der Waals surface area (Å²) in [6, 6.07) is 14.4. The maximum atomic E-state index is 13.0. The van der Waals surface area contributed by atoms with E-state index in [1.54, 1.807) is 18.3 Å². The SMILES string of the molecule is COC(=O)c1ccc([C@H](C)Nc2nccc3c2C(Cc2ccc(C(F)(F)F)cc2)=CCCN3C)cc1. The number of nitrogens with zero attached hydrogens (tertiary/aromatic N) is 2. The largest absolute Gasteiger partial charge is 0.465 e. The number of fused-ring (bicyclic) bond motifs is 1. The Kier molecular flexibility index (Phi) is 7.33. The molecule has 188 valence electrons. The lowest BCUT2D eigenvalue weighted by molar-refractivity contribution is -0.137. The molecule has 0 amide bonds. The fourth-order valence-corrected chi connectivity index (χ4v) is 4.36. The van der Waals surface area contributed by atoms with Gasteiger partial charge in [0.05, 0.1) is 18.2 Å². The minimum atomic E-state index is -4.36. The van der Waals surface area contributed by atoms with Gasteiger partial charge in [-0.1, -0.05) is 30.3 Å². The first-order valence-electron chi connectivity index (χ1n) is 11.7. The first kappa shape index (κ1) is 25.3. The number of pyridine rings is 1. The molecule has 2 aromatic carbocycles. The standard InChI is InChI=1S/C28H28F3N3O2/c1-18(20-8-10-21(11-9-20)27(35)36-3)33-26-25-22(5-4-16-34(2)24(25)14-15-32-26)17-19-6-12-23(13-7-19)28(29,30)31/h5-15,18H,4,16-17H2,1-3H3,(H,32,33)/t18-/m0/s1. The molecule has 0 saturated heterocycles. The number of anilines is 2. The van der Waals surface area contributed by atoms with E-state index in [0.29, 0.717) is 17.8 Å². The zero-order valence-electron chi connectivity index (χ0n) is 20.4. The van der Waals surface area contributed by atoms with E-state index in [1.807, 2.05) is 32.2 Å². The van der Waals surface area contributed by atoms with Gasteiger partial charge in [-0.05, 0) is 66.8 Å². The van der Waals surface area contributed by atoms with Crippen LogP contribution in [0.1, 0.15) is 52.0 Å². The van der Waals surface area contributed by atoms with Crippen LogP contribution in [-0.4, -0.2) is 31.7 Å². The van der Waals surface area contributed by atoms with Gasteiger partial charge < -0.3 is 15.0 Å². The van der Waals surface area contributed by atoms with Crippen molar-refractivity contribution in [3.05, 3.63) is 94.7 Å². The number of hydrogen-bond donors (Lipinski definition) is 1. The quantitative estimate of drug-likeness (QED) is 0.394. The number of benzene rings is 2. The van der Waals surface area contributed by atoms with E-state index in [4.69, 9.17) is 4.74 Å². The van der Waals surface area contributed by atoms with Crippen LogP contribution in [0.3, 0.4) is 0 Å². The van der Waals surface area contributed by atoms with Crippen molar-refractivity contribution >= 4 is 23.0 Å². The second-order valence-electron chi connectivity index (χ2n) is 8.84. The van der Waals surface area contributed by atoms with E-state index in [2.05, 4.69) is 21.3 Å². The van der Waals surface area contributed by atoms with Crippen LogP contribution >= 0.6 is 0 Å². The highest BCUT2D eigenvalue weighted by Crippen LogP contribution is 2.38. The Balaban J connectivity index is 1.63. The molecule has 0 aliphatic carbocycles. The third-order valence-electron chi connectivity index (χ3n) is 6.38. The molecule has 0 radical (unpaired) electrons. The van der Waals surface area contributed by atoms with Crippen molar-refractivity contribution in [3.8, 4) is 0 Å². The van der Waals surface area contributed by atoms with E-state index < -0.39 is 17.7 Å². The van der Waals surface area contributed by atoms with Gasteiger partial charge in [-0.3, -0.25) is 0 Å². The van der Waals surface area contributed by atoms with Gasteiger partial charge in [-0.15, -0.1) is 0 Å². The fraction of sp³-hybridized carbons (Fsp3) is 0.286. The average molecular weight is 496 g/mol. The zero-order valence-corrected chi connectivity index (χ0v) is 20.4. The zero-order chi connectivity index (χ0) is 25.9. The maximum absolute atomic E-state index is 13.0. The van der Waals surface area contributed by atoms with Crippen LogP contribution in [0.2, 0.25) is 0 Å². The van der Waals surface area contributed by atoms with Crippen LogP contribution in [-0.2, 0) is 17.3 Å². The molecule has 1 aliphatic rings. The van der Waals surface area contributed by atoms with Crippen molar-refractivity contribution in [3.63, 3.8) is 0 Å². The van der Waals surface area contributed by atoms with Gasteiger partial charge in [-0.2, -0.15) is 13.2 Å². The van der Waals surface area contributed by atoms with Crippen molar-refractivity contribution in [2.24, 2.45) is 0 Å². The normalized spacial score (nSPS) is 14.4. The Hall–Kier alpha value is -3.81. The molecular formula is C28H28F3N3O2. The van der Waals surface area contributed by atoms with Crippen molar-refractivity contribution in [2.45, 2.75) is 32.0 Å². The summed E-state index contributed by atoms with van der Waals surface area (Å²) in [5.41, 5.74) is 4.55. The highest BCUT2D eigenvalue weighted by Gasteiger charge is 2.30. The number of esters is 1.